The molecule has 34 heavy (non-hydrogen) atoms. The van der Waals surface area contributed by atoms with E-state index < -0.39 is 17.5 Å². The van der Waals surface area contributed by atoms with Crippen molar-refractivity contribution in [3.8, 4) is 5.75 Å². The van der Waals surface area contributed by atoms with E-state index in [0.29, 0.717) is 41.5 Å². The number of ether oxygens (including phenoxy) is 1. The Hall–Kier alpha value is -1.96. The van der Waals surface area contributed by atoms with E-state index in [0.717, 1.165) is 26.1 Å². The summed E-state index contributed by atoms with van der Waals surface area (Å²) in [6.07, 6.45) is 7.88. The summed E-state index contributed by atoms with van der Waals surface area (Å²) in [4.78, 5) is 19.4. The third-order valence-corrected chi connectivity index (χ3v) is 7.53. The zero-order valence-electron chi connectivity index (χ0n) is 20.3. The third kappa shape index (κ3) is 6.37. The molecule has 2 aromatic rings. The van der Waals surface area contributed by atoms with Gasteiger partial charge in [0.25, 0.3) is 0 Å². The van der Waals surface area contributed by atoms with Crippen LogP contribution < -0.4 is 10.2 Å². The average Bonchev–Trinajstić information content (AvgIpc) is 2.87. The van der Waals surface area contributed by atoms with Crippen molar-refractivity contribution < 1.29 is 19.1 Å². The molecule has 1 aromatic carbocycles. The fourth-order valence-electron chi connectivity index (χ4n) is 5.01. The molecular formula is C26H37ClFN3O3. The van der Waals surface area contributed by atoms with Gasteiger partial charge >= 0.3 is 0 Å². The fraction of sp³-hybridized carbons (Fsp3) is 0.615. The molecule has 2 N–H and O–H groups in total. The van der Waals surface area contributed by atoms with Crippen LogP contribution >= 0.6 is 11.6 Å². The number of rotatable bonds is 12. The van der Waals surface area contributed by atoms with Crippen LogP contribution in [0.4, 0.5) is 4.39 Å². The topological polar surface area (TPSA) is 74.7 Å². The Morgan fingerprint density at radius 2 is 2.03 bits per heavy atom. The zero-order valence-corrected chi connectivity index (χ0v) is 21.0. The normalized spacial score (nSPS) is 17.0. The Labute approximate surface area is 206 Å². The summed E-state index contributed by atoms with van der Waals surface area (Å²) in [6, 6.07) is 5.29. The lowest BCUT2D eigenvalue weighted by atomic mass is 9.73. The highest BCUT2D eigenvalue weighted by Gasteiger charge is 2.41. The average molecular weight is 494 g/mol. The molecule has 1 saturated heterocycles. The number of likely N-dealkylation sites (tertiary alicyclic amines) is 1. The molecule has 1 aliphatic rings. The first kappa shape index (κ1) is 26.6. The number of pyridine rings is 1. The fourth-order valence-corrected chi connectivity index (χ4v) is 5.28. The van der Waals surface area contributed by atoms with E-state index >= 15 is 4.39 Å². The lowest BCUT2D eigenvalue weighted by Gasteiger charge is -2.40. The van der Waals surface area contributed by atoms with Gasteiger partial charge in [-0.1, -0.05) is 44.2 Å². The summed E-state index contributed by atoms with van der Waals surface area (Å²) in [5.41, 5.74) is 2.06. The molecule has 188 valence electrons. The highest BCUT2D eigenvalue weighted by Crippen LogP contribution is 2.42. The Balaban J connectivity index is 1.67. The van der Waals surface area contributed by atoms with Gasteiger partial charge < -0.3 is 9.64 Å². The highest BCUT2D eigenvalue weighted by molar-refractivity contribution is 6.32. The molecule has 6 nitrogen and oxygen atoms in total. The molecule has 0 saturated carbocycles. The number of hydrogen-bond donors (Lipinski definition) is 2. The number of benzene rings is 1. The van der Waals surface area contributed by atoms with Crippen LogP contribution in [0.2, 0.25) is 5.02 Å². The summed E-state index contributed by atoms with van der Waals surface area (Å²) in [5, 5.41) is 10.3. The molecule has 1 fully saturated rings. The highest BCUT2D eigenvalue weighted by atomic mass is 35.5. The number of fused-ring (bicyclic) bond motifs is 1. The zero-order chi connectivity index (χ0) is 24.6. The number of amides is 1. The molecule has 1 unspecified atom stereocenters. The Kier molecular flexibility index (Phi) is 9.92. The molecule has 1 atom stereocenters. The summed E-state index contributed by atoms with van der Waals surface area (Å²) in [5.74, 6) is 0.179. The number of hydroxylamine groups is 1. The molecule has 8 heteroatoms. The van der Waals surface area contributed by atoms with Gasteiger partial charge in [-0.3, -0.25) is 15.0 Å². The number of unbranched alkanes of at least 4 members (excludes halogenated alkanes) is 4. The molecule has 3 rings (SSSR count). The molecule has 2 heterocycles. The van der Waals surface area contributed by atoms with E-state index in [9.17, 15) is 10.0 Å². The molecule has 1 aromatic heterocycles. The van der Waals surface area contributed by atoms with Crippen molar-refractivity contribution in [2.75, 3.05) is 26.7 Å². The number of nitrogens with one attached hydrogen (secondary N) is 1. The maximum absolute atomic E-state index is 15.6. The Bertz CT molecular complexity index is 950. The first-order valence-electron chi connectivity index (χ1n) is 12.4. The second-order valence-electron chi connectivity index (χ2n) is 9.39. The summed E-state index contributed by atoms with van der Waals surface area (Å²) < 4.78 is 20.9. The maximum Gasteiger partial charge on any atom is 0.249 e. The van der Waals surface area contributed by atoms with Gasteiger partial charge in [0.05, 0.1) is 23.1 Å². The van der Waals surface area contributed by atoms with Crippen LogP contribution in [0.3, 0.4) is 0 Å². The molecule has 0 bridgehead atoms. The smallest absolute Gasteiger partial charge is 0.249 e. The predicted octanol–water partition coefficient (Wildman–Crippen LogP) is 6.25. The van der Waals surface area contributed by atoms with Crippen LogP contribution in [-0.2, 0) is 4.79 Å². The summed E-state index contributed by atoms with van der Waals surface area (Å²) in [7, 11) is 1.56. The van der Waals surface area contributed by atoms with Gasteiger partial charge in [-0.15, -0.1) is 0 Å². The molecule has 1 amide bonds. The number of carbonyl (C=O) groups is 1. The second kappa shape index (κ2) is 12.7. The van der Waals surface area contributed by atoms with Crippen LogP contribution in [0, 0.1) is 5.41 Å². The van der Waals surface area contributed by atoms with Crippen molar-refractivity contribution in [1.82, 2.24) is 15.4 Å². The van der Waals surface area contributed by atoms with Gasteiger partial charge in [-0.2, -0.15) is 0 Å². The summed E-state index contributed by atoms with van der Waals surface area (Å²) >= 11 is 6.37. The second-order valence-corrected chi connectivity index (χ2v) is 9.79. The molecular weight excluding hydrogens is 457 g/mol. The maximum atomic E-state index is 15.6. The number of carbonyl (C=O) groups excluding carboxylic acids is 1. The monoisotopic (exact) mass is 493 g/mol. The van der Waals surface area contributed by atoms with Gasteiger partial charge in [0.15, 0.2) is 0 Å². The van der Waals surface area contributed by atoms with Gasteiger partial charge in [0.1, 0.15) is 11.9 Å². The minimum atomic E-state index is -1.37. The number of hydrogen-bond acceptors (Lipinski definition) is 5. The standard InChI is InChI=1S/C26H37ClFN3O3/c1-3-4-5-6-7-14-31-15-12-26(13-16-31,25(32)30-33)11-10-22(28)24-20-17-19(34-2)8-9-23(20)29-18-21(24)27/h8-9,17-18,22,33H,3-7,10-16H2,1-2H3,(H,30,32). The lowest BCUT2D eigenvalue weighted by molar-refractivity contribution is -0.143. The quantitative estimate of drug-likeness (QED) is 0.208. The predicted molar refractivity (Wildman–Crippen MR) is 133 cm³/mol. The van der Waals surface area contributed by atoms with Crippen LogP contribution in [-0.4, -0.2) is 47.7 Å². The molecule has 0 aliphatic carbocycles. The van der Waals surface area contributed by atoms with E-state index in [1.54, 1.807) is 25.3 Å². The number of aromatic nitrogens is 1. The Morgan fingerprint density at radius 3 is 2.71 bits per heavy atom. The Morgan fingerprint density at radius 1 is 1.29 bits per heavy atom. The lowest BCUT2D eigenvalue weighted by Crippen LogP contribution is -2.48. The van der Waals surface area contributed by atoms with Crippen LogP contribution in [0.5, 0.6) is 5.75 Å². The van der Waals surface area contributed by atoms with Crippen molar-refractivity contribution in [3.05, 3.63) is 35.0 Å². The van der Waals surface area contributed by atoms with Gasteiger partial charge in [0, 0.05) is 17.1 Å². The van der Waals surface area contributed by atoms with Crippen molar-refractivity contribution in [3.63, 3.8) is 0 Å². The van der Waals surface area contributed by atoms with E-state index in [4.69, 9.17) is 16.3 Å². The molecule has 1 aliphatic heterocycles. The largest absolute Gasteiger partial charge is 0.497 e. The van der Waals surface area contributed by atoms with Crippen LogP contribution in [0.1, 0.15) is 76.4 Å². The van der Waals surface area contributed by atoms with Gasteiger partial charge in [-0.05, 0) is 69.9 Å². The third-order valence-electron chi connectivity index (χ3n) is 7.23. The van der Waals surface area contributed by atoms with Gasteiger partial charge in [0.2, 0.25) is 5.91 Å². The van der Waals surface area contributed by atoms with Crippen molar-refractivity contribution in [2.24, 2.45) is 5.41 Å². The van der Waals surface area contributed by atoms with E-state index in [1.807, 2.05) is 5.48 Å². The van der Waals surface area contributed by atoms with Crippen molar-refractivity contribution in [2.45, 2.75) is 70.9 Å². The number of nitrogens with zero attached hydrogens (tertiary/aromatic N) is 2. The minimum absolute atomic E-state index is 0.125. The van der Waals surface area contributed by atoms with Crippen molar-refractivity contribution >= 4 is 28.4 Å². The first-order valence-corrected chi connectivity index (χ1v) is 12.7. The van der Waals surface area contributed by atoms with E-state index in [-0.39, 0.29) is 11.4 Å². The first-order chi connectivity index (χ1) is 16.4. The number of halogens is 2. The number of alkyl halides is 1. The minimum Gasteiger partial charge on any atom is -0.497 e. The van der Waals surface area contributed by atoms with Crippen LogP contribution in [0.15, 0.2) is 24.4 Å². The number of piperidine rings is 1. The van der Waals surface area contributed by atoms with E-state index in [1.165, 1.54) is 31.9 Å². The van der Waals surface area contributed by atoms with E-state index in [2.05, 4.69) is 16.8 Å². The number of methoxy groups -OCH3 is 1. The van der Waals surface area contributed by atoms with Crippen LogP contribution in [0.25, 0.3) is 10.9 Å². The van der Waals surface area contributed by atoms with Gasteiger partial charge in [-0.25, -0.2) is 9.87 Å². The molecule has 0 spiro atoms. The SMILES string of the molecule is CCCCCCCN1CCC(CCC(F)c2c(Cl)cnc3ccc(OC)cc23)(C(=O)NO)CC1. The summed E-state index contributed by atoms with van der Waals surface area (Å²) in [6.45, 7) is 4.77. The molecule has 0 radical (unpaired) electrons. The van der Waals surface area contributed by atoms with Crippen molar-refractivity contribution in [1.29, 1.82) is 0 Å².